The molecule has 1 aliphatic carbocycles. The highest BCUT2D eigenvalue weighted by atomic mass is 16.6. The third-order valence-corrected chi connectivity index (χ3v) is 4.09. The first-order valence-corrected chi connectivity index (χ1v) is 5.27. The molecule has 5 heteroatoms. The fourth-order valence-corrected chi connectivity index (χ4v) is 3.15. The number of fused-ring (bicyclic) bond motifs is 1. The van der Waals surface area contributed by atoms with E-state index in [-0.39, 0.29) is 30.0 Å². The van der Waals surface area contributed by atoms with Crippen molar-refractivity contribution in [2.45, 2.75) is 31.7 Å². The maximum Gasteiger partial charge on any atom is 0.323 e. The van der Waals surface area contributed by atoms with Crippen molar-refractivity contribution in [1.29, 1.82) is 0 Å². The first-order valence-electron chi connectivity index (χ1n) is 5.27. The Morgan fingerprint density at radius 2 is 2.19 bits per heavy atom. The first kappa shape index (κ1) is 9.99. The molecule has 0 amide bonds. The van der Waals surface area contributed by atoms with Gasteiger partial charge in [0.05, 0.1) is 6.10 Å². The summed E-state index contributed by atoms with van der Waals surface area (Å²) in [5, 5.41) is 10.0. The van der Waals surface area contributed by atoms with Crippen LogP contribution in [0.15, 0.2) is 12.3 Å². The quantitative estimate of drug-likeness (QED) is 0.576. The molecule has 3 rings (SSSR count). The highest BCUT2D eigenvalue weighted by molar-refractivity contribution is 5.96. The number of hydrogen-bond acceptors (Lipinski definition) is 5. The molecule has 0 radical (unpaired) electrons. The van der Waals surface area contributed by atoms with E-state index in [0.717, 1.165) is 0 Å². The van der Waals surface area contributed by atoms with E-state index in [2.05, 4.69) is 6.58 Å². The molecule has 0 aromatic rings. The molecule has 3 aliphatic rings. The van der Waals surface area contributed by atoms with Gasteiger partial charge in [0.2, 0.25) is 0 Å². The van der Waals surface area contributed by atoms with E-state index < -0.39 is 23.6 Å². The molecule has 2 bridgehead atoms. The lowest BCUT2D eigenvalue weighted by Gasteiger charge is -2.35. The number of carbonyl (C=O) groups is 2. The summed E-state index contributed by atoms with van der Waals surface area (Å²) in [5.41, 5.74) is -1.25. The van der Waals surface area contributed by atoms with Gasteiger partial charge in [0, 0.05) is 12.3 Å². The van der Waals surface area contributed by atoms with Gasteiger partial charge in [-0.2, -0.15) is 0 Å². The minimum Gasteiger partial charge on any atom is -0.428 e. The molecule has 16 heavy (non-hydrogen) atoms. The molecule has 2 aliphatic heterocycles. The lowest BCUT2D eigenvalue weighted by atomic mass is 9.63. The summed E-state index contributed by atoms with van der Waals surface area (Å²) in [6.07, 6.45) is -2.17. The summed E-state index contributed by atoms with van der Waals surface area (Å²) in [5.74, 6) is -0.958. The third kappa shape index (κ3) is 0.814. The van der Waals surface area contributed by atoms with E-state index in [1.54, 1.807) is 6.92 Å². The fourth-order valence-electron chi connectivity index (χ4n) is 3.15. The molecule has 5 atom stereocenters. The second kappa shape index (κ2) is 2.73. The Bertz CT molecular complexity index is 415. The predicted molar refractivity (Wildman–Crippen MR) is 51.1 cm³/mol. The average Bonchev–Trinajstić information content (AvgIpc) is 2.58. The maximum atomic E-state index is 11.9. The average molecular weight is 224 g/mol. The van der Waals surface area contributed by atoms with Gasteiger partial charge in [-0.3, -0.25) is 9.59 Å². The minimum atomic E-state index is -1.34. The van der Waals surface area contributed by atoms with Crippen molar-refractivity contribution >= 4 is 11.8 Å². The number of rotatable bonds is 0. The normalized spacial score (nSPS) is 50.5. The molecule has 2 heterocycles. The summed E-state index contributed by atoms with van der Waals surface area (Å²) in [6.45, 7) is 5.41. The summed E-state index contributed by atoms with van der Waals surface area (Å²) in [7, 11) is 0. The Hall–Kier alpha value is -1.20. The molecule has 0 aromatic heterocycles. The van der Waals surface area contributed by atoms with Crippen LogP contribution in [0.1, 0.15) is 13.3 Å². The molecule has 1 saturated carbocycles. The molecule has 3 fully saturated rings. The van der Waals surface area contributed by atoms with E-state index in [4.69, 9.17) is 9.47 Å². The van der Waals surface area contributed by atoms with Crippen LogP contribution in [0.4, 0.5) is 0 Å². The maximum absolute atomic E-state index is 11.9. The lowest BCUT2D eigenvalue weighted by molar-refractivity contribution is -0.162. The Kier molecular flexibility index (Phi) is 1.70. The molecular weight excluding hydrogens is 212 g/mol. The highest BCUT2D eigenvalue weighted by Gasteiger charge is 2.73. The van der Waals surface area contributed by atoms with Crippen LogP contribution in [-0.2, 0) is 19.1 Å². The van der Waals surface area contributed by atoms with Gasteiger partial charge in [-0.1, -0.05) is 13.5 Å². The number of esters is 1. The zero-order valence-electron chi connectivity index (χ0n) is 8.80. The SMILES string of the molecule is C=C1OC(=O)[C@]23[C@H](C)[C@@H](CC(=O)[C@@H]2O)O[C@@H]13. The number of ketones is 1. The zero-order chi connectivity index (χ0) is 11.7. The minimum absolute atomic E-state index is 0.154. The van der Waals surface area contributed by atoms with Crippen molar-refractivity contribution in [1.82, 2.24) is 0 Å². The van der Waals surface area contributed by atoms with Crippen LogP contribution in [-0.4, -0.2) is 35.2 Å². The van der Waals surface area contributed by atoms with Gasteiger partial charge in [-0.05, 0) is 0 Å². The van der Waals surface area contributed by atoms with Crippen LogP contribution in [0.3, 0.4) is 0 Å². The number of cyclic esters (lactones) is 1. The molecule has 86 valence electrons. The molecule has 1 spiro atoms. The van der Waals surface area contributed by atoms with E-state index in [0.29, 0.717) is 0 Å². The largest absolute Gasteiger partial charge is 0.428 e. The Labute approximate surface area is 92.0 Å². The summed E-state index contributed by atoms with van der Waals surface area (Å²) >= 11 is 0. The third-order valence-electron chi connectivity index (χ3n) is 4.09. The van der Waals surface area contributed by atoms with Crippen molar-refractivity contribution < 1.29 is 24.2 Å². The van der Waals surface area contributed by atoms with Crippen LogP contribution >= 0.6 is 0 Å². The fraction of sp³-hybridized carbons (Fsp3) is 0.636. The van der Waals surface area contributed by atoms with Gasteiger partial charge in [0.15, 0.2) is 5.78 Å². The number of aliphatic hydroxyl groups is 1. The molecule has 2 saturated heterocycles. The number of hydrogen-bond donors (Lipinski definition) is 1. The summed E-state index contributed by atoms with van der Waals surface area (Å²) in [4.78, 5) is 23.5. The number of Topliss-reactive ketones (excluding diaryl/α,β-unsaturated/α-hetero) is 1. The van der Waals surface area contributed by atoms with Gasteiger partial charge in [-0.25, -0.2) is 0 Å². The van der Waals surface area contributed by atoms with Crippen LogP contribution in [0.5, 0.6) is 0 Å². The predicted octanol–water partition coefficient (Wildman–Crippen LogP) is -0.219. The molecule has 0 unspecified atom stereocenters. The van der Waals surface area contributed by atoms with Crippen LogP contribution in [0.2, 0.25) is 0 Å². The topological polar surface area (TPSA) is 72.8 Å². The lowest BCUT2D eigenvalue weighted by Crippen LogP contribution is -2.55. The van der Waals surface area contributed by atoms with Gasteiger partial charge >= 0.3 is 5.97 Å². The Balaban J connectivity index is 2.19. The first-order chi connectivity index (χ1) is 7.49. The monoisotopic (exact) mass is 224 g/mol. The van der Waals surface area contributed by atoms with E-state index >= 15 is 0 Å². The Morgan fingerprint density at radius 1 is 1.50 bits per heavy atom. The van der Waals surface area contributed by atoms with Gasteiger partial charge in [0.1, 0.15) is 23.4 Å². The van der Waals surface area contributed by atoms with Crippen LogP contribution < -0.4 is 0 Å². The summed E-state index contributed by atoms with van der Waals surface area (Å²) in [6, 6.07) is 0. The molecule has 1 N–H and O–H groups in total. The van der Waals surface area contributed by atoms with Gasteiger partial charge in [-0.15, -0.1) is 0 Å². The van der Waals surface area contributed by atoms with Crippen molar-refractivity contribution in [3.8, 4) is 0 Å². The molecule has 0 aromatic carbocycles. The number of aliphatic hydroxyl groups excluding tert-OH is 1. The second-order valence-electron chi connectivity index (χ2n) is 4.71. The number of ether oxygens (including phenoxy) is 2. The van der Waals surface area contributed by atoms with Crippen LogP contribution in [0, 0.1) is 11.3 Å². The van der Waals surface area contributed by atoms with Gasteiger partial charge in [0.25, 0.3) is 0 Å². The summed E-state index contributed by atoms with van der Waals surface area (Å²) < 4.78 is 10.5. The standard InChI is InChI=1S/C11H12O5/c1-4-7-3-6(12)8(13)11(4)9(16-7)5(2)15-10(11)14/h4,7-9,13H,2-3H2,1H3/t4-,7-,8+,9+,11-/m1/s1. The highest BCUT2D eigenvalue weighted by Crippen LogP contribution is 2.57. The number of carbonyl (C=O) groups excluding carboxylic acids is 2. The zero-order valence-corrected chi connectivity index (χ0v) is 8.80. The van der Waals surface area contributed by atoms with Crippen molar-refractivity contribution in [3.05, 3.63) is 12.3 Å². The van der Waals surface area contributed by atoms with Crippen LogP contribution in [0.25, 0.3) is 0 Å². The molecular formula is C11H12O5. The van der Waals surface area contributed by atoms with Crippen molar-refractivity contribution in [2.75, 3.05) is 0 Å². The van der Waals surface area contributed by atoms with E-state index in [1.165, 1.54) is 0 Å². The Morgan fingerprint density at radius 3 is 2.88 bits per heavy atom. The molecule has 5 nitrogen and oxygen atoms in total. The van der Waals surface area contributed by atoms with E-state index in [1.807, 2.05) is 0 Å². The smallest absolute Gasteiger partial charge is 0.323 e. The second-order valence-corrected chi connectivity index (χ2v) is 4.71. The van der Waals surface area contributed by atoms with Gasteiger partial charge < -0.3 is 14.6 Å². The van der Waals surface area contributed by atoms with Crippen molar-refractivity contribution in [3.63, 3.8) is 0 Å². The van der Waals surface area contributed by atoms with E-state index in [9.17, 15) is 14.7 Å². The van der Waals surface area contributed by atoms with Crippen molar-refractivity contribution in [2.24, 2.45) is 11.3 Å².